The molecule has 4 rings (SSSR count). The number of alkyl halides is 3. The number of pyridine rings is 1. The van der Waals surface area contributed by atoms with Crippen LogP contribution in [0.4, 0.5) is 13.2 Å². The largest absolute Gasteiger partial charge is 0.433 e. The summed E-state index contributed by atoms with van der Waals surface area (Å²) < 4.78 is 40.8. The summed E-state index contributed by atoms with van der Waals surface area (Å²) >= 11 is 0. The molecule has 0 spiro atoms. The zero-order valence-electron chi connectivity index (χ0n) is 12.1. The molecule has 0 aliphatic heterocycles. The molecule has 1 aliphatic rings. The summed E-state index contributed by atoms with van der Waals surface area (Å²) in [7, 11) is 0. The third kappa shape index (κ3) is 1.95. The minimum Gasteiger partial charge on any atom is -0.233 e. The van der Waals surface area contributed by atoms with Gasteiger partial charge in [-0.15, -0.1) is 5.10 Å². The van der Waals surface area contributed by atoms with Crippen molar-refractivity contribution in [3.05, 3.63) is 34.8 Å². The van der Waals surface area contributed by atoms with Gasteiger partial charge in [-0.3, -0.25) is 0 Å². The topological polar surface area (TPSA) is 43.1 Å². The average Bonchev–Trinajstić information content (AvgIpc) is 3.18. The van der Waals surface area contributed by atoms with E-state index in [-0.39, 0.29) is 11.6 Å². The zero-order valence-corrected chi connectivity index (χ0v) is 12.1. The highest BCUT2D eigenvalue weighted by molar-refractivity contribution is 5.93. The van der Waals surface area contributed by atoms with E-state index in [4.69, 9.17) is 0 Å². The van der Waals surface area contributed by atoms with Crippen molar-refractivity contribution in [1.29, 1.82) is 0 Å². The number of nitrogens with zero attached hydrogens (tertiary/aromatic N) is 4. The molecule has 0 amide bonds. The Kier molecular flexibility index (Phi) is 2.56. The van der Waals surface area contributed by atoms with Crippen molar-refractivity contribution < 1.29 is 13.2 Å². The second-order valence-corrected chi connectivity index (χ2v) is 5.84. The van der Waals surface area contributed by atoms with Crippen LogP contribution in [0.25, 0.3) is 16.7 Å². The van der Waals surface area contributed by atoms with Crippen molar-refractivity contribution in [2.24, 2.45) is 0 Å². The maximum absolute atomic E-state index is 13.1. The lowest BCUT2D eigenvalue weighted by Crippen LogP contribution is -2.09. The second kappa shape index (κ2) is 4.18. The highest BCUT2D eigenvalue weighted by Crippen LogP contribution is 2.45. The van der Waals surface area contributed by atoms with Gasteiger partial charge >= 0.3 is 6.18 Å². The summed E-state index contributed by atoms with van der Waals surface area (Å²) in [5, 5.41) is 4.90. The summed E-state index contributed by atoms with van der Waals surface area (Å²) in [6, 6.07) is 3.02. The SMILES string of the molecule is Cc1cc(C)n2nc3nc(C(F)(F)F)cc(C4CC4)c3c2n1. The maximum Gasteiger partial charge on any atom is 0.433 e. The first-order valence-corrected chi connectivity index (χ1v) is 7.09. The fourth-order valence-corrected chi connectivity index (χ4v) is 2.87. The smallest absolute Gasteiger partial charge is 0.233 e. The Morgan fingerprint density at radius 2 is 1.86 bits per heavy atom. The molecule has 0 saturated heterocycles. The molecule has 114 valence electrons. The first kappa shape index (κ1) is 13.5. The van der Waals surface area contributed by atoms with Gasteiger partial charge in [0, 0.05) is 11.4 Å². The minimum atomic E-state index is -4.47. The molecule has 1 fully saturated rings. The Balaban J connectivity index is 2.14. The predicted octanol–water partition coefficient (Wildman–Crippen LogP) is 3.79. The molecule has 0 radical (unpaired) electrons. The van der Waals surface area contributed by atoms with Gasteiger partial charge in [0.15, 0.2) is 11.3 Å². The number of aryl methyl sites for hydroxylation is 2. The molecule has 0 bridgehead atoms. The summed E-state index contributed by atoms with van der Waals surface area (Å²) in [5.74, 6) is 0.155. The van der Waals surface area contributed by atoms with Crippen LogP contribution in [0.3, 0.4) is 0 Å². The Labute approximate surface area is 124 Å². The number of hydrogen-bond donors (Lipinski definition) is 0. The molecule has 0 N–H and O–H groups in total. The monoisotopic (exact) mass is 306 g/mol. The van der Waals surface area contributed by atoms with Crippen molar-refractivity contribution in [3.63, 3.8) is 0 Å². The predicted molar refractivity (Wildman–Crippen MR) is 74.7 cm³/mol. The molecule has 0 atom stereocenters. The Hall–Kier alpha value is -2.18. The van der Waals surface area contributed by atoms with E-state index in [1.807, 2.05) is 19.9 Å². The van der Waals surface area contributed by atoms with Crippen molar-refractivity contribution in [3.8, 4) is 0 Å². The van der Waals surface area contributed by atoms with E-state index in [1.54, 1.807) is 4.52 Å². The molecule has 3 aromatic rings. The van der Waals surface area contributed by atoms with Crippen molar-refractivity contribution >= 4 is 16.7 Å². The first-order chi connectivity index (χ1) is 10.3. The molecular formula is C15H13F3N4. The lowest BCUT2D eigenvalue weighted by molar-refractivity contribution is -0.141. The van der Waals surface area contributed by atoms with E-state index in [0.717, 1.165) is 24.2 Å². The van der Waals surface area contributed by atoms with Crippen molar-refractivity contribution in [2.75, 3.05) is 0 Å². The van der Waals surface area contributed by atoms with Crippen LogP contribution in [-0.2, 0) is 6.18 Å². The van der Waals surface area contributed by atoms with Gasteiger partial charge in [-0.2, -0.15) is 13.2 Å². The van der Waals surface area contributed by atoms with Gasteiger partial charge in [-0.1, -0.05) is 0 Å². The molecule has 0 aromatic carbocycles. The van der Waals surface area contributed by atoms with Crippen LogP contribution in [0.5, 0.6) is 0 Å². The highest BCUT2D eigenvalue weighted by atomic mass is 19.4. The van der Waals surface area contributed by atoms with E-state index >= 15 is 0 Å². The number of aromatic nitrogens is 4. The van der Waals surface area contributed by atoms with Gasteiger partial charge in [-0.05, 0) is 50.3 Å². The molecule has 3 aromatic heterocycles. The van der Waals surface area contributed by atoms with E-state index in [2.05, 4.69) is 15.1 Å². The van der Waals surface area contributed by atoms with Gasteiger partial charge in [0.1, 0.15) is 5.69 Å². The lowest BCUT2D eigenvalue weighted by Gasteiger charge is -2.08. The maximum atomic E-state index is 13.1. The van der Waals surface area contributed by atoms with E-state index in [1.165, 1.54) is 6.07 Å². The van der Waals surface area contributed by atoms with Gasteiger partial charge in [0.25, 0.3) is 0 Å². The third-order valence-corrected chi connectivity index (χ3v) is 3.99. The third-order valence-electron chi connectivity index (χ3n) is 3.99. The highest BCUT2D eigenvalue weighted by Gasteiger charge is 2.37. The van der Waals surface area contributed by atoms with E-state index < -0.39 is 11.9 Å². The number of fused-ring (bicyclic) bond motifs is 3. The van der Waals surface area contributed by atoms with Crippen molar-refractivity contribution in [1.82, 2.24) is 19.6 Å². The Morgan fingerprint density at radius 1 is 1.14 bits per heavy atom. The van der Waals surface area contributed by atoms with E-state index in [9.17, 15) is 13.2 Å². The number of halogens is 3. The quantitative estimate of drug-likeness (QED) is 0.687. The van der Waals surface area contributed by atoms with Gasteiger partial charge in [0.2, 0.25) is 0 Å². The fourth-order valence-electron chi connectivity index (χ4n) is 2.87. The average molecular weight is 306 g/mol. The number of hydrogen-bond acceptors (Lipinski definition) is 3. The van der Waals surface area contributed by atoms with Gasteiger partial charge in [-0.25, -0.2) is 14.5 Å². The van der Waals surface area contributed by atoms with Crippen LogP contribution in [0.15, 0.2) is 12.1 Å². The Bertz CT molecular complexity index is 907. The van der Waals surface area contributed by atoms with Crippen LogP contribution >= 0.6 is 0 Å². The fraction of sp³-hybridized carbons (Fsp3) is 0.400. The summed E-state index contributed by atoms with van der Waals surface area (Å²) in [5.41, 5.74) is 2.15. The van der Waals surface area contributed by atoms with Crippen LogP contribution < -0.4 is 0 Å². The summed E-state index contributed by atoms with van der Waals surface area (Å²) in [6.07, 6.45) is -2.66. The van der Waals surface area contributed by atoms with Crippen LogP contribution in [-0.4, -0.2) is 19.6 Å². The molecular weight excluding hydrogens is 293 g/mol. The first-order valence-electron chi connectivity index (χ1n) is 7.09. The molecule has 0 unspecified atom stereocenters. The molecule has 22 heavy (non-hydrogen) atoms. The molecule has 4 nitrogen and oxygen atoms in total. The Morgan fingerprint density at radius 3 is 2.50 bits per heavy atom. The van der Waals surface area contributed by atoms with E-state index in [0.29, 0.717) is 16.6 Å². The lowest BCUT2D eigenvalue weighted by atomic mass is 10.1. The van der Waals surface area contributed by atoms with Crippen molar-refractivity contribution in [2.45, 2.75) is 38.8 Å². The van der Waals surface area contributed by atoms with Crippen LogP contribution in [0.2, 0.25) is 0 Å². The molecule has 7 heteroatoms. The molecule has 1 saturated carbocycles. The van der Waals surface area contributed by atoms with Crippen LogP contribution in [0, 0.1) is 13.8 Å². The van der Waals surface area contributed by atoms with Crippen LogP contribution in [0.1, 0.15) is 41.4 Å². The number of rotatable bonds is 1. The second-order valence-electron chi connectivity index (χ2n) is 5.84. The standard InChI is InChI=1S/C15H13F3N4/c1-7-5-8(2)22-14(19-7)12-10(9-3-4-9)6-11(15(16,17)18)20-13(12)21-22/h5-6,9H,3-4H2,1-2H3. The zero-order chi connectivity index (χ0) is 15.6. The summed E-state index contributed by atoms with van der Waals surface area (Å²) in [6.45, 7) is 3.72. The molecule has 3 heterocycles. The summed E-state index contributed by atoms with van der Waals surface area (Å²) in [4.78, 5) is 8.19. The van der Waals surface area contributed by atoms with Gasteiger partial charge in [0.05, 0.1) is 5.39 Å². The van der Waals surface area contributed by atoms with Gasteiger partial charge < -0.3 is 0 Å². The molecule has 1 aliphatic carbocycles. The minimum absolute atomic E-state index is 0.123. The normalized spacial score (nSPS) is 15.9.